The third-order valence-electron chi connectivity index (χ3n) is 3.45. The molecule has 0 aliphatic carbocycles. The number of ether oxygens (including phenoxy) is 2. The van der Waals surface area contributed by atoms with E-state index in [0.717, 1.165) is 6.42 Å². The van der Waals surface area contributed by atoms with Gasteiger partial charge in [0.1, 0.15) is 0 Å². The quantitative estimate of drug-likeness (QED) is 0.603. The number of hydrazone groups is 1. The van der Waals surface area contributed by atoms with Crippen LogP contribution in [0.15, 0.2) is 41.8 Å². The number of nitrogens with one attached hydrogen (secondary N) is 1. The van der Waals surface area contributed by atoms with Gasteiger partial charge in [-0.2, -0.15) is 5.10 Å². The summed E-state index contributed by atoms with van der Waals surface area (Å²) in [6, 6.07) is 6.77. The van der Waals surface area contributed by atoms with E-state index in [4.69, 9.17) is 21.1 Å². The minimum absolute atomic E-state index is 0.0182. The van der Waals surface area contributed by atoms with E-state index in [-0.39, 0.29) is 12.0 Å². The summed E-state index contributed by atoms with van der Waals surface area (Å²) < 4.78 is 11.1. The summed E-state index contributed by atoms with van der Waals surface area (Å²) in [6.07, 6.45) is 5.41. The van der Waals surface area contributed by atoms with Gasteiger partial charge in [0, 0.05) is 12.4 Å². The van der Waals surface area contributed by atoms with E-state index in [2.05, 4.69) is 15.5 Å². The first-order valence-electron chi connectivity index (χ1n) is 7.82. The fraction of sp³-hybridized carbons (Fsp3) is 0.278. The molecule has 0 aliphatic heterocycles. The van der Waals surface area contributed by atoms with Crippen molar-refractivity contribution < 1.29 is 14.3 Å². The number of rotatable bonds is 7. The molecule has 0 aliphatic rings. The molecule has 1 aromatic carbocycles. The average Bonchev–Trinajstić information content (AvgIpc) is 2.63. The first-order valence-corrected chi connectivity index (χ1v) is 8.20. The van der Waals surface area contributed by atoms with Crippen LogP contribution in [0.5, 0.6) is 11.5 Å². The Hall–Kier alpha value is -2.60. The van der Waals surface area contributed by atoms with E-state index in [1.807, 2.05) is 13.8 Å². The number of methoxy groups -OCH3 is 1. The third kappa shape index (κ3) is 5.19. The zero-order valence-corrected chi connectivity index (χ0v) is 15.1. The standard InChI is InChI=1S/C18H20ClN3O3/c1-4-12(2)25-17-15(19)8-13(9-16(17)24-3)10-21-22-18(23)14-6-5-7-20-11-14/h5-12H,4H2,1-3H3,(H,22,23). The predicted molar refractivity (Wildman–Crippen MR) is 97.7 cm³/mol. The minimum Gasteiger partial charge on any atom is -0.493 e. The lowest BCUT2D eigenvalue weighted by atomic mass is 10.2. The minimum atomic E-state index is -0.348. The number of amides is 1. The highest BCUT2D eigenvalue weighted by molar-refractivity contribution is 6.32. The molecule has 0 saturated heterocycles. The lowest BCUT2D eigenvalue weighted by Gasteiger charge is -2.17. The number of hydrogen-bond donors (Lipinski definition) is 1. The summed E-state index contributed by atoms with van der Waals surface area (Å²) in [5.41, 5.74) is 3.53. The van der Waals surface area contributed by atoms with Crippen molar-refractivity contribution in [1.29, 1.82) is 0 Å². The molecule has 1 atom stereocenters. The number of benzene rings is 1. The molecule has 0 saturated carbocycles. The van der Waals surface area contributed by atoms with Crippen LogP contribution < -0.4 is 14.9 Å². The van der Waals surface area contributed by atoms with Crippen LogP contribution in [0.25, 0.3) is 0 Å². The maximum Gasteiger partial charge on any atom is 0.272 e. The Morgan fingerprint density at radius 1 is 1.48 bits per heavy atom. The second-order valence-corrected chi connectivity index (χ2v) is 5.72. The molecule has 2 rings (SSSR count). The summed E-state index contributed by atoms with van der Waals surface area (Å²) in [6.45, 7) is 3.98. The fourth-order valence-corrected chi connectivity index (χ4v) is 2.20. The zero-order valence-electron chi connectivity index (χ0n) is 14.3. The van der Waals surface area contributed by atoms with Gasteiger partial charge in [-0.1, -0.05) is 18.5 Å². The molecular formula is C18H20ClN3O3. The molecule has 2 aromatic rings. The normalized spacial score (nSPS) is 12.0. The number of halogens is 1. The molecule has 1 heterocycles. The highest BCUT2D eigenvalue weighted by Crippen LogP contribution is 2.37. The number of carbonyl (C=O) groups is 1. The van der Waals surface area contributed by atoms with Gasteiger partial charge >= 0.3 is 0 Å². The molecule has 6 nitrogen and oxygen atoms in total. The molecule has 0 radical (unpaired) electrons. The van der Waals surface area contributed by atoms with Crippen molar-refractivity contribution in [2.45, 2.75) is 26.4 Å². The number of hydrogen-bond acceptors (Lipinski definition) is 5. The van der Waals surface area contributed by atoms with Gasteiger partial charge in [0.05, 0.1) is 30.0 Å². The SMILES string of the molecule is CCC(C)Oc1c(Cl)cc(C=NNC(=O)c2cccnc2)cc1OC. The van der Waals surface area contributed by atoms with Crippen LogP contribution in [0, 0.1) is 0 Å². The molecule has 0 spiro atoms. The Bertz CT molecular complexity index is 751. The lowest BCUT2D eigenvalue weighted by molar-refractivity contribution is 0.0955. The van der Waals surface area contributed by atoms with Crippen molar-refractivity contribution >= 4 is 23.7 Å². The molecule has 1 unspecified atom stereocenters. The molecule has 7 heteroatoms. The number of nitrogens with zero attached hydrogens (tertiary/aromatic N) is 2. The van der Waals surface area contributed by atoms with E-state index in [0.29, 0.717) is 27.6 Å². The van der Waals surface area contributed by atoms with Crippen LogP contribution in [-0.4, -0.2) is 30.3 Å². The van der Waals surface area contributed by atoms with Crippen LogP contribution in [0.2, 0.25) is 5.02 Å². The second kappa shape index (κ2) is 9.03. The van der Waals surface area contributed by atoms with Crippen LogP contribution in [0.1, 0.15) is 36.2 Å². The van der Waals surface area contributed by atoms with Gasteiger partial charge in [-0.15, -0.1) is 0 Å². The Morgan fingerprint density at radius 3 is 2.92 bits per heavy atom. The molecular weight excluding hydrogens is 342 g/mol. The molecule has 132 valence electrons. The molecule has 1 aromatic heterocycles. The van der Waals surface area contributed by atoms with Gasteiger partial charge < -0.3 is 9.47 Å². The van der Waals surface area contributed by atoms with Gasteiger partial charge in [0.15, 0.2) is 11.5 Å². The maximum absolute atomic E-state index is 11.9. The predicted octanol–water partition coefficient (Wildman–Crippen LogP) is 3.68. The molecule has 0 bridgehead atoms. The smallest absolute Gasteiger partial charge is 0.272 e. The number of carbonyl (C=O) groups excluding carboxylic acids is 1. The zero-order chi connectivity index (χ0) is 18.2. The fourth-order valence-electron chi connectivity index (χ4n) is 1.94. The van der Waals surface area contributed by atoms with Crippen LogP contribution >= 0.6 is 11.6 Å². The van der Waals surface area contributed by atoms with Crippen molar-refractivity contribution in [3.8, 4) is 11.5 Å². The number of aromatic nitrogens is 1. The Labute approximate surface area is 151 Å². The van der Waals surface area contributed by atoms with Gasteiger partial charge in [0.2, 0.25) is 0 Å². The lowest BCUT2D eigenvalue weighted by Crippen LogP contribution is -2.17. The highest BCUT2D eigenvalue weighted by atomic mass is 35.5. The van der Waals surface area contributed by atoms with Gasteiger partial charge in [-0.3, -0.25) is 9.78 Å². The van der Waals surface area contributed by atoms with Crippen molar-refractivity contribution in [3.63, 3.8) is 0 Å². The number of pyridine rings is 1. The monoisotopic (exact) mass is 361 g/mol. The van der Waals surface area contributed by atoms with Crippen molar-refractivity contribution in [2.24, 2.45) is 5.10 Å². The van der Waals surface area contributed by atoms with Crippen LogP contribution in [0.4, 0.5) is 0 Å². The van der Waals surface area contributed by atoms with E-state index in [1.165, 1.54) is 12.4 Å². The Kier molecular flexibility index (Phi) is 6.77. The maximum atomic E-state index is 11.9. The van der Waals surface area contributed by atoms with Crippen molar-refractivity contribution in [1.82, 2.24) is 10.4 Å². The molecule has 1 amide bonds. The van der Waals surface area contributed by atoms with Crippen LogP contribution in [-0.2, 0) is 0 Å². The van der Waals surface area contributed by atoms with Gasteiger partial charge in [-0.05, 0) is 43.2 Å². The molecule has 25 heavy (non-hydrogen) atoms. The first kappa shape index (κ1) is 18.7. The summed E-state index contributed by atoms with van der Waals surface area (Å²) >= 11 is 6.29. The first-order chi connectivity index (χ1) is 12.0. The summed E-state index contributed by atoms with van der Waals surface area (Å²) in [4.78, 5) is 15.8. The van der Waals surface area contributed by atoms with E-state index in [1.54, 1.807) is 37.6 Å². The van der Waals surface area contributed by atoms with Crippen LogP contribution in [0.3, 0.4) is 0 Å². The Balaban J connectivity index is 2.12. The topological polar surface area (TPSA) is 72.8 Å². The summed E-state index contributed by atoms with van der Waals surface area (Å²) in [5.74, 6) is 0.655. The molecule has 1 N–H and O–H groups in total. The van der Waals surface area contributed by atoms with Crippen molar-refractivity contribution in [3.05, 3.63) is 52.8 Å². The summed E-state index contributed by atoms with van der Waals surface area (Å²) in [7, 11) is 1.54. The van der Waals surface area contributed by atoms with E-state index < -0.39 is 0 Å². The second-order valence-electron chi connectivity index (χ2n) is 5.31. The summed E-state index contributed by atoms with van der Waals surface area (Å²) in [5, 5.41) is 4.35. The largest absolute Gasteiger partial charge is 0.493 e. The van der Waals surface area contributed by atoms with E-state index in [9.17, 15) is 4.79 Å². The third-order valence-corrected chi connectivity index (χ3v) is 3.73. The Morgan fingerprint density at radius 2 is 2.28 bits per heavy atom. The van der Waals surface area contributed by atoms with Gasteiger partial charge in [0.25, 0.3) is 5.91 Å². The highest BCUT2D eigenvalue weighted by Gasteiger charge is 2.14. The average molecular weight is 362 g/mol. The van der Waals surface area contributed by atoms with E-state index >= 15 is 0 Å². The van der Waals surface area contributed by atoms with Gasteiger partial charge in [-0.25, -0.2) is 5.43 Å². The molecule has 0 fully saturated rings. The van der Waals surface area contributed by atoms with Crippen molar-refractivity contribution in [2.75, 3.05) is 7.11 Å².